The molecule has 5 aromatic rings. The summed E-state index contributed by atoms with van der Waals surface area (Å²) < 4.78 is 93.8. The van der Waals surface area contributed by atoms with Crippen molar-refractivity contribution in [1.82, 2.24) is 14.3 Å². The summed E-state index contributed by atoms with van der Waals surface area (Å²) in [6.07, 6.45) is 1.32. The van der Waals surface area contributed by atoms with Gasteiger partial charge in [0, 0.05) is 39.9 Å². The second kappa shape index (κ2) is 11.6. The van der Waals surface area contributed by atoms with Crippen LogP contribution >= 0.6 is 0 Å². The molecule has 0 atom stereocenters. The minimum Gasteiger partial charge on any atom is -0.497 e. The van der Waals surface area contributed by atoms with Gasteiger partial charge in [-0.3, -0.25) is 9.59 Å². The minimum atomic E-state index is -4.51. The molecule has 0 aliphatic rings. The van der Waals surface area contributed by atoms with Crippen LogP contribution in [0.25, 0.3) is 22.0 Å². The average Bonchev–Trinajstić information content (AvgIpc) is 3.27. The van der Waals surface area contributed by atoms with Crippen molar-refractivity contribution in [2.45, 2.75) is 18.1 Å². The van der Waals surface area contributed by atoms with Crippen molar-refractivity contribution in [3.63, 3.8) is 0 Å². The largest absolute Gasteiger partial charge is 0.497 e. The molecular weight excluding hydrogens is 594 g/mol. The number of methoxy groups -OCH3 is 1. The summed E-state index contributed by atoms with van der Waals surface area (Å²) in [5.74, 6) is -2.99. The van der Waals surface area contributed by atoms with Gasteiger partial charge in [-0.2, -0.15) is 8.78 Å². The second-order valence-electron chi connectivity index (χ2n) is 9.13. The molecule has 0 fully saturated rings. The molecule has 0 spiro atoms. The lowest BCUT2D eigenvalue weighted by Gasteiger charge is -2.14. The number of aromatic amines is 1. The van der Waals surface area contributed by atoms with Crippen molar-refractivity contribution < 1.29 is 40.2 Å². The number of hydrogen-bond acceptors (Lipinski definition) is 6. The van der Waals surface area contributed by atoms with Gasteiger partial charge in [-0.05, 0) is 60.7 Å². The van der Waals surface area contributed by atoms with Crippen molar-refractivity contribution in [3.05, 3.63) is 112 Å². The van der Waals surface area contributed by atoms with Crippen LogP contribution in [0.1, 0.15) is 16.1 Å². The zero-order chi connectivity index (χ0) is 30.9. The summed E-state index contributed by atoms with van der Waals surface area (Å²) in [4.78, 5) is 29.0. The SMILES string of the molecule is COc1ccc(S(=O)(=O)NC(=O)c2c(-c3ccc[nH]c3=O)c3cc(OC(F)F)ccc3n2Cc2ccc(F)cc2F)cc1. The monoisotopic (exact) mass is 615 g/mol. The number of nitrogens with zero attached hydrogens (tertiary/aromatic N) is 1. The summed E-state index contributed by atoms with van der Waals surface area (Å²) >= 11 is 0. The van der Waals surface area contributed by atoms with E-state index in [0.29, 0.717) is 11.8 Å². The number of pyridine rings is 1. The molecule has 0 radical (unpaired) electrons. The molecule has 0 bridgehead atoms. The number of rotatable bonds is 9. The topological polar surface area (TPSA) is 119 Å². The van der Waals surface area contributed by atoms with Gasteiger partial charge in [0.1, 0.15) is 28.8 Å². The molecule has 2 heterocycles. The van der Waals surface area contributed by atoms with Gasteiger partial charge in [0.25, 0.3) is 21.5 Å². The fraction of sp³-hybridized carbons (Fsp3) is 0.103. The van der Waals surface area contributed by atoms with Gasteiger partial charge in [0.15, 0.2) is 0 Å². The Labute approximate surface area is 241 Å². The number of benzene rings is 3. The van der Waals surface area contributed by atoms with E-state index in [0.717, 1.165) is 18.2 Å². The van der Waals surface area contributed by atoms with Crippen LogP contribution in [0.3, 0.4) is 0 Å². The van der Waals surface area contributed by atoms with Crippen molar-refractivity contribution in [3.8, 4) is 22.6 Å². The first-order chi connectivity index (χ1) is 20.5. The van der Waals surface area contributed by atoms with Crippen LogP contribution in [0.5, 0.6) is 11.5 Å². The highest BCUT2D eigenvalue weighted by Gasteiger charge is 2.29. The van der Waals surface area contributed by atoms with Crippen molar-refractivity contribution in [2.24, 2.45) is 0 Å². The highest BCUT2D eigenvalue weighted by Crippen LogP contribution is 2.37. The number of sulfonamides is 1. The molecule has 5 rings (SSSR count). The molecule has 43 heavy (non-hydrogen) atoms. The van der Waals surface area contributed by atoms with Crippen LogP contribution in [0.15, 0.2) is 88.7 Å². The van der Waals surface area contributed by atoms with E-state index in [1.165, 1.54) is 66.4 Å². The summed E-state index contributed by atoms with van der Waals surface area (Å²) in [6, 6.07) is 14.3. The molecule has 0 aliphatic carbocycles. The Bertz CT molecular complexity index is 2010. The Morgan fingerprint density at radius 1 is 1.00 bits per heavy atom. The van der Waals surface area contributed by atoms with Gasteiger partial charge < -0.3 is 19.0 Å². The maximum Gasteiger partial charge on any atom is 0.387 e. The van der Waals surface area contributed by atoms with E-state index < -0.39 is 52.0 Å². The zero-order valence-corrected chi connectivity index (χ0v) is 22.9. The second-order valence-corrected chi connectivity index (χ2v) is 10.8. The number of H-pyrrole nitrogens is 1. The third-order valence-electron chi connectivity index (χ3n) is 6.50. The van der Waals surface area contributed by atoms with Gasteiger partial charge in [0.2, 0.25) is 0 Å². The number of aromatic nitrogens is 2. The summed E-state index contributed by atoms with van der Waals surface area (Å²) in [5.41, 5.74) is -1.32. The number of alkyl halides is 2. The maximum atomic E-state index is 14.8. The van der Waals surface area contributed by atoms with Crippen LogP contribution in [-0.4, -0.2) is 37.6 Å². The number of ether oxygens (including phenoxy) is 2. The fourth-order valence-electron chi connectivity index (χ4n) is 4.61. The third kappa shape index (κ3) is 5.95. The standard InChI is InChI=1S/C29H21F4N3O6S/c1-41-18-6-9-20(10-7-18)43(39,40)35-28(38)26-25(21-3-2-12-34-27(21)37)22-14-19(42-29(32)33)8-11-24(22)36(26)15-16-4-5-17(30)13-23(16)31/h2-14,29H,15H2,1H3,(H,34,37)(H,35,38). The first kappa shape index (κ1) is 29.4. The van der Waals surface area contributed by atoms with E-state index in [1.54, 1.807) is 0 Å². The summed E-state index contributed by atoms with van der Waals surface area (Å²) in [7, 11) is -3.12. The lowest BCUT2D eigenvalue weighted by molar-refractivity contribution is -0.0497. The van der Waals surface area contributed by atoms with Crippen LogP contribution in [-0.2, 0) is 16.6 Å². The average molecular weight is 616 g/mol. The Balaban J connectivity index is 1.76. The number of carbonyl (C=O) groups is 1. The number of carbonyl (C=O) groups excluding carboxylic acids is 1. The Morgan fingerprint density at radius 3 is 2.37 bits per heavy atom. The Hall–Kier alpha value is -5.11. The highest BCUT2D eigenvalue weighted by atomic mass is 32.2. The molecular formula is C29H21F4N3O6S. The van der Waals surface area contributed by atoms with Crippen molar-refractivity contribution in [1.29, 1.82) is 0 Å². The van der Waals surface area contributed by atoms with Crippen molar-refractivity contribution >= 4 is 26.8 Å². The van der Waals surface area contributed by atoms with Gasteiger partial charge in [-0.15, -0.1) is 0 Å². The quantitative estimate of drug-likeness (QED) is 0.224. The first-order valence-electron chi connectivity index (χ1n) is 12.4. The predicted octanol–water partition coefficient (Wildman–Crippen LogP) is 5.05. The zero-order valence-electron chi connectivity index (χ0n) is 22.1. The molecule has 2 aromatic heterocycles. The van der Waals surface area contributed by atoms with Crippen LogP contribution in [0, 0.1) is 11.6 Å². The number of nitrogens with one attached hydrogen (secondary N) is 2. The molecule has 222 valence electrons. The number of fused-ring (bicyclic) bond motifs is 1. The molecule has 0 saturated carbocycles. The summed E-state index contributed by atoms with van der Waals surface area (Å²) in [6.45, 7) is -3.64. The fourth-order valence-corrected chi connectivity index (χ4v) is 5.56. The lowest BCUT2D eigenvalue weighted by atomic mass is 10.0. The maximum absolute atomic E-state index is 14.8. The van der Waals surface area contributed by atoms with Gasteiger partial charge in [0.05, 0.1) is 18.6 Å². The van der Waals surface area contributed by atoms with Crippen LogP contribution < -0.4 is 19.8 Å². The number of halogens is 4. The minimum absolute atomic E-state index is 0.0457. The van der Waals surface area contributed by atoms with Gasteiger partial charge in [-0.25, -0.2) is 21.9 Å². The van der Waals surface area contributed by atoms with E-state index in [1.807, 2.05) is 4.72 Å². The number of amides is 1. The molecule has 2 N–H and O–H groups in total. The molecule has 0 saturated heterocycles. The molecule has 3 aromatic carbocycles. The van der Waals surface area contributed by atoms with E-state index in [4.69, 9.17) is 4.74 Å². The van der Waals surface area contributed by atoms with Crippen molar-refractivity contribution in [2.75, 3.05) is 7.11 Å². The predicted molar refractivity (Wildman–Crippen MR) is 148 cm³/mol. The highest BCUT2D eigenvalue weighted by molar-refractivity contribution is 7.90. The smallest absolute Gasteiger partial charge is 0.387 e. The van der Waals surface area contributed by atoms with Gasteiger partial charge in [-0.1, -0.05) is 6.07 Å². The lowest BCUT2D eigenvalue weighted by Crippen LogP contribution is -2.33. The molecule has 0 unspecified atom stereocenters. The van der Waals surface area contributed by atoms with E-state index in [9.17, 15) is 35.6 Å². The third-order valence-corrected chi connectivity index (χ3v) is 7.85. The molecule has 1 amide bonds. The van der Waals surface area contributed by atoms with E-state index in [-0.39, 0.29) is 38.2 Å². The van der Waals surface area contributed by atoms with Crippen LogP contribution in [0.4, 0.5) is 17.6 Å². The van der Waals surface area contributed by atoms with E-state index in [2.05, 4.69) is 9.72 Å². The van der Waals surface area contributed by atoms with E-state index >= 15 is 0 Å². The van der Waals surface area contributed by atoms with Crippen LogP contribution in [0.2, 0.25) is 0 Å². The summed E-state index contributed by atoms with van der Waals surface area (Å²) in [5, 5.41) is 0.0457. The molecule has 14 heteroatoms. The first-order valence-corrected chi connectivity index (χ1v) is 13.9. The normalized spacial score (nSPS) is 11.6. The number of hydrogen-bond donors (Lipinski definition) is 2. The van der Waals surface area contributed by atoms with Gasteiger partial charge >= 0.3 is 6.61 Å². The Kier molecular flexibility index (Phi) is 7.96. The molecule has 0 aliphatic heterocycles. The molecule has 9 nitrogen and oxygen atoms in total. The Morgan fingerprint density at radius 2 is 1.72 bits per heavy atom.